The molecule has 0 aliphatic heterocycles. The van der Waals surface area contributed by atoms with E-state index < -0.39 is 0 Å². The van der Waals surface area contributed by atoms with Gasteiger partial charge >= 0.3 is 0 Å². The second kappa shape index (κ2) is 6.24. The van der Waals surface area contributed by atoms with Gasteiger partial charge in [0.2, 0.25) is 0 Å². The summed E-state index contributed by atoms with van der Waals surface area (Å²) in [6, 6.07) is 8.32. The zero-order chi connectivity index (χ0) is 13.0. The maximum Gasteiger partial charge on any atom is 0.119 e. The Morgan fingerprint density at radius 2 is 2.17 bits per heavy atom. The van der Waals surface area contributed by atoms with E-state index in [0.29, 0.717) is 12.0 Å². The molecule has 100 valence electrons. The summed E-state index contributed by atoms with van der Waals surface area (Å²) in [6.45, 7) is 5.12. The number of hydrogen-bond donors (Lipinski definition) is 1. The van der Waals surface area contributed by atoms with Gasteiger partial charge in [-0.05, 0) is 56.3 Å². The van der Waals surface area contributed by atoms with Crippen LogP contribution in [-0.2, 0) is 0 Å². The highest BCUT2D eigenvalue weighted by molar-refractivity contribution is 5.27. The summed E-state index contributed by atoms with van der Waals surface area (Å²) >= 11 is 0. The molecule has 0 saturated heterocycles. The normalized spacial score (nSPS) is 28.1. The molecule has 1 fully saturated rings. The van der Waals surface area contributed by atoms with Crippen LogP contribution < -0.4 is 10.5 Å². The van der Waals surface area contributed by atoms with Crippen molar-refractivity contribution >= 4 is 0 Å². The van der Waals surface area contributed by atoms with Gasteiger partial charge in [-0.15, -0.1) is 0 Å². The van der Waals surface area contributed by atoms with Gasteiger partial charge in [-0.1, -0.05) is 25.5 Å². The molecule has 1 aromatic carbocycles. The second-order valence-corrected chi connectivity index (χ2v) is 5.56. The summed E-state index contributed by atoms with van der Waals surface area (Å²) in [5.74, 6) is 2.33. The van der Waals surface area contributed by atoms with Crippen molar-refractivity contribution in [2.75, 3.05) is 6.54 Å². The van der Waals surface area contributed by atoms with Crippen molar-refractivity contribution in [1.82, 2.24) is 0 Å². The number of rotatable bonds is 4. The van der Waals surface area contributed by atoms with Gasteiger partial charge in [0.25, 0.3) is 0 Å². The summed E-state index contributed by atoms with van der Waals surface area (Å²) in [6.07, 6.45) is 5.24. The van der Waals surface area contributed by atoms with Crippen LogP contribution in [0.3, 0.4) is 0 Å². The Kier molecular flexibility index (Phi) is 4.65. The van der Waals surface area contributed by atoms with Gasteiger partial charge in [0.05, 0.1) is 0 Å². The van der Waals surface area contributed by atoms with E-state index >= 15 is 0 Å². The summed E-state index contributed by atoms with van der Waals surface area (Å²) in [5.41, 5.74) is 7.13. The zero-order valence-electron chi connectivity index (χ0n) is 11.6. The first-order chi connectivity index (χ1) is 8.72. The fourth-order valence-corrected chi connectivity index (χ4v) is 2.92. The molecule has 0 bridgehead atoms. The van der Waals surface area contributed by atoms with E-state index in [0.717, 1.165) is 24.6 Å². The first-order valence-electron chi connectivity index (χ1n) is 7.16. The van der Waals surface area contributed by atoms with Crippen LogP contribution in [0.2, 0.25) is 0 Å². The number of ether oxygens (including phenoxy) is 1. The fourth-order valence-electron chi connectivity index (χ4n) is 2.92. The van der Waals surface area contributed by atoms with Crippen LogP contribution in [0.1, 0.15) is 38.2 Å². The van der Waals surface area contributed by atoms with Crippen molar-refractivity contribution in [2.24, 2.45) is 17.6 Å². The van der Waals surface area contributed by atoms with Crippen molar-refractivity contribution < 1.29 is 4.74 Å². The van der Waals surface area contributed by atoms with Crippen LogP contribution in [0.15, 0.2) is 24.3 Å². The Hall–Kier alpha value is -1.02. The molecule has 2 nitrogen and oxygen atoms in total. The number of benzene rings is 1. The monoisotopic (exact) mass is 247 g/mol. The third-order valence-corrected chi connectivity index (χ3v) is 4.19. The highest BCUT2D eigenvalue weighted by Gasteiger charge is 2.30. The molecule has 3 unspecified atom stereocenters. The Labute approximate surface area is 111 Å². The van der Waals surface area contributed by atoms with Gasteiger partial charge in [-0.25, -0.2) is 0 Å². The first kappa shape index (κ1) is 13.4. The molecule has 0 radical (unpaired) electrons. The number of hydrogen-bond acceptors (Lipinski definition) is 2. The van der Waals surface area contributed by atoms with E-state index in [1.165, 1.54) is 24.8 Å². The molecular weight excluding hydrogens is 222 g/mol. The van der Waals surface area contributed by atoms with Gasteiger partial charge < -0.3 is 10.5 Å². The topological polar surface area (TPSA) is 35.2 Å². The van der Waals surface area contributed by atoms with Gasteiger partial charge in [0, 0.05) is 5.92 Å². The molecular formula is C16H25NO. The molecule has 1 saturated carbocycles. The molecule has 0 heterocycles. The fraction of sp³-hybridized carbons (Fsp3) is 0.625. The van der Waals surface area contributed by atoms with Gasteiger partial charge in [0.1, 0.15) is 11.9 Å². The lowest BCUT2D eigenvalue weighted by Gasteiger charge is -2.35. The lowest BCUT2D eigenvalue weighted by Crippen LogP contribution is -2.38. The van der Waals surface area contributed by atoms with Crippen molar-refractivity contribution in [3.63, 3.8) is 0 Å². The number of aryl methyl sites for hydroxylation is 1. The lowest BCUT2D eigenvalue weighted by molar-refractivity contribution is 0.0684. The van der Waals surface area contributed by atoms with Crippen LogP contribution in [0.5, 0.6) is 5.75 Å². The van der Waals surface area contributed by atoms with Crippen LogP contribution >= 0.6 is 0 Å². The predicted octanol–water partition coefficient (Wildman–Crippen LogP) is 3.53. The van der Waals surface area contributed by atoms with Crippen molar-refractivity contribution in [3.8, 4) is 5.75 Å². The third kappa shape index (κ3) is 3.26. The molecule has 3 atom stereocenters. The maximum atomic E-state index is 6.19. The van der Waals surface area contributed by atoms with Gasteiger partial charge in [-0.2, -0.15) is 0 Å². The van der Waals surface area contributed by atoms with E-state index in [1.807, 2.05) is 0 Å². The predicted molar refractivity (Wildman–Crippen MR) is 75.8 cm³/mol. The van der Waals surface area contributed by atoms with E-state index in [1.54, 1.807) is 0 Å². The highest BCUT2D eigenvalue weighted by atomic mass is 16.5. The van der Waals surface area contributed by atoms with Crippen LogP contribution in [0.25, 0.3) is 0 Å². The summed E-state index contributed by atoms with van der Waals surface area (Å²) in [5, 5.41) is 0. The molecule has 0 spiro atoms. The molecule has 2 N–H and O–H groups in total. The molecule has 2 rings (SSSR count). The van der Waals surface area contributed by atoms with E-state index in [9.17, 15) is 0 Å². The summed E-state index contributed by atoms with van der Waals surface area (Å²) in [7, 11) is 0. The van der Waals surface area contributed by atoms with E-state index in [4.69, 9.17) is 10.5 Å². The lowest BCUT2D eigenvalue weighted by atomic mass is 9.78. The van der Waals surface area contributed by atoms with E-state index in [2.05, 4.69) is 38.1 Å². The Bertz CT molecular complexity index is 377. The SMILES string of the molecule is CCC1CCC(CN)C(Oc2cccc(C)c2)C1. The minimum absolute atomic E-state index is 0.301. The smallest absolute Gasteiger partial charge is 0.119 e. The summed E-state index contributed by atoms with van der Waals surface area (Å²) in [4.78, 5) is 0. The average molecular weight is 247 g/mol. The van der Waals surface area contributed by atoms with Crippen LogP contribution in [0, 0.1) is 18.8 Å². The minimum atomic E-state index is 0.301. The summed E-state index contributed by atoms with van der Waals surface area (Å²) < 4.78 is 6.19. The Balaban J connectivity index is 2.04. The molecule has 2 heteroatoms. The van der Waals surface area contributed by atoms with Crippen LogP contribution in [-0.4, -0.2) is 12.6 Å². The largest absolute Gasteiger partial charge is 0.490 e. The van der Waals surface area contributed by atoms with Crippen molar-refractivity contribution in [1.29, 1.82) is 0 Å². The second-order valence-electron chi connectivity index (χ2n) is 5.56. The quantitative estimate of drug-likeness (QED) is 0.883. The molecule has 18 heavy (non-hydrogen) atoms. The van der Waals surface area contributed by atoms with Gasteiger partial charge in [-0.3, -0.25) is 0 Å². The van der Waals surface area contributed by atoms with Crippen molar-refractivity contribution in [3.05, 3.63) is 29.8 Å². The first-order valence-corrected chi connectivity index (χ1v) is 7.16. The Morgan fingerprint density at radius 1 is 1.33 bits per heavy atom. The van der Waals surface area contributed by atoms with Crippen molar-refractivity contribution in [2.45, 2.75) is 45.6 Å². The minimum Gasteiger partial charge on any atom is -0.490 e. The Morgan fingerprint density at radius 3 is 2.83 bits per heavy atom. The molecule has 1 aromatic rings. The number of nitrogens with two attached hydrogens (primary N) is 1. The average Bonchev–Trinajstić information content (AvgIpc) is 2.38. The van der Waals surface area contributed by atoms with Gasteiger partial charge in [0.15, 0.2) is 0 Å². The molecule has 1 aliphatic rings. The zero-order valence-corrected chi connectivity index (χ0v) is 11.6. The van der Waals surface area contributed by atoms with E-state index in [-0.39, 0.29) is 0 Å². The molecule has 0 amide bonds. The van der Waals surface area contributed by atoms with Crippen LogP contribution in [0.4, 0.5) is 0 Å². The molecule has 0 aromatic heterocycles. The standard InChI is InChI=1S/C16H25NO/c1-3-13-7-8-14(11-17)16(10-13)18-15-6-4-5-12(2)9-15/h4-6,9,13-14,16H,3,7-8,10-11,17H2,1-2H3. The third-order valence-electron chi connectivity index (χ3n) is 4.19. The maximum absolute atomic E-state index is 6.19. The molecule has 1 aliphatic carbocycles. The highest BCUT2D eigenvalue weighted by Crippen LogP contribution is 2.33.